The first-order chi connectivity index (χ1) is 31.2. The van der Waals surface area contributed by atoms with Gasteiger partial charge in [-0.25, -0.2) is 14.4 Å². The molecule has 0 spiro atoms. The first kappa shape index (κ1) is 58.7. The average molecular weight is 1150 g/mol. The zero-order valence-corrected chi connectivity index (χ0v) is 42.4. The number of nitrogens with two attached hydrogens (primary N) is 2. The van der Waals surface area contributed by atoms with Gasteiger partial charge in [-0.1, -0.05) is 0 Å². The second-order valence-corrected chi connectivity index (χ2v) is 15.5. The van der Waals surface area contributed by atoms with Gasteiger partial charge in [0.25, 0.3) is 11.8 Å². The third-order valence-corrected chi connectivity index (χ3v) is 11.1. The number of fused-ring (bicyclic) bond motifs is 2. The molecule has 4 aromatic heterocycles. The number of nitrogen functional groups attached to an aromatic ring is 2. The summed E-state index contributed by atoms with van der Waals surface area (Å²) < 4.78 is 95.4. The van der Waals surface area contributed by atoms with E-state index in [2.05, 4.69) is 20.2 Å². The summed E-state index contributed by atoms with van der Waals surface area (Å²) in [4.78, 5) is 62.5. The predicted octanol–water partition coefficient (Wildman–Crippen LogP) is 8.18. The number of aliphatic hydroxyl groups excluding tert-OH is 1. The normalized spacial score (nSPS) is 15.2. The Hall–Kier alpha value is -5.63. The summed E-state index contributed by atoms with van der Waals surface area (Å²) in [5.74, 6) is -1.61. The number of carbonyl (C=O) groups is 4. The molecule has 70 heavy (non-hydrogen) atoms. The van der Waals surface area contributed by atoms with Crippen LogP contribution in [-0.4, -0.2) is 71.1 Å². The monoisotopic (exact) mass is 1150 g/mol. The van der Waals surface area contributed by atoms with E-state index >= 15 is 0 Å². The number of ketones is 2. The van der Waals surface area contributed by atoms with Crippen molar-refractivity contribution in [1.29, 1.82) is 0 Å². The molecule has 6 aromatic rings. The minimum Gasteiger partial charge on any atom is -0.577 e. The summed E-state index contributed by atoms with van der Waals surface area (Å²) in [7, 11) is 0. The number of anilines is 4. The molecule has 2 amide bonds. The Kier molecular flexibility index (Phi) is 19.7. The lowest BCUT2D eigenvalue weighted by atomic mass is 10.0. The van der Waals surface area contributed by atoms with Crippen LogP contribution < -0.4 is 21.3 Å². The van der Waals surface area contributed by atoms with Crippen LogP contribution in [0.2, 0.25) is 0 Å². The number of pyridine rings is 2. The third kappa shape index (κ3) is 11.9. The zero-order chi connectivity index (χ0) is 47.8. The molecular formula is C44H46F7IN10O5PS2-. The molecule has 0 saturated heterocycles. The molecule has 5 N–H and O–H groups in total. The Morgan fingerprint density at radius 3 is 1.41 bits per heavy atom. The molecule has 2 atom stereocenters. The Labute approximate surface area is 429 Å². The fourth-order valence-corrected chi connectivity index (χ4v) is 7.88. The van der Waals surface area contributed by atoms with Gasteiger partial charge in [0.05, 0.1) is 53.3 Å². The van der Waals surface area contributed by atoms with Crippen molar-refractivity contribution in [2.24, 2.45) is 0 Å². The van der Waals surface area contributed by atoms with E-state index in [0.717, 1.165) is 30.3 Å². The number of amides is 2. The highest BCUT2D eigenvalue weighted by molar-refractivity contribution is 14.0. The van der Waals surface area contributed by atoms with Crippen molar-refractivity contribution in [3.63, 3.8) is 0 Å². The summed E-state index contributed by atoms with van der Waals surface area (Å²) in [6.07, 6.45) is -3.89. The molecule has 0 unspecified atom stereocenters. The van der Waals surface area contributed by atoms with E-state index in [0.29, 0.717) is 11.1 Å². The van der Waals surface area contributed by atoms with Crippen LogP contribution in [0, 0.1) is 0 Å². The molecule has 0 bridgehead atoms. The number of hydrogen-bond acceptors (Lipinski definition) is 11. The van der Waals surface area contributed by atoms with E-state index in [9.17, 15) is 55.0 Å². The number of aromatic nitrogens is 6. The Bertz CT molecular complexity index is 2700. The number of carbonyl (C=O) groups excluding carboxylic acids is 4. The zero-order valence-electron chi connectivity index (χ0n) is 36.9. The van der Waals surface area contributed by atoms with Crippen molar-refractivity contribution >= 4 is 107 Å². The number of aliphatic hydroxyl groups is 1. The van der Waals surface area contributed by atoms with E-state index < -0.39 is 54.1 Å². The van der Waals surface area contributed by atoms with Crippen LogP contribution in [0.5, 0.6) is 0 Å². The van der Waals surface area contributed by atoms with E-state index in [4.69, 9.17) is 11.5 Å². The maximum absolute atomic E-state index is 13.4. The molecule has 0 aliphatic carbocycles. The number of alkyl halides is 7. The number of halogens is 8. The number of hydrogen-bond donors (Lipinski definition) is 3. The molecule has 15 nitrogen and oxygen atoms in total. The van der Waals surface area contributed by atoms with Crippen LogP contribution in [0.15, 0.2) is 85.5 Å². The van der Waals surface area contributed by atoms with Crippen LogP contribution in [0.25, 0.3) is 0 Å². The number of Topliss-reactive ketones (excluding diaryl/α,β-unsaturated/α-hetero) is 2. The molecule has 6 heterocycles. The molecule has 26 heteroatoms. The van der Waals surface area contributed by atoms with Crippen LogP contribution in [0.4, 0.5) is 53.7 Å². The van der Waals surface area contributed by atoms with Crippen molar-refractivity contribution in [2.75, 3.05) is 34.4 Å². The van der Waals surface area contributed by atoms with E-state index in [-0.39, 0.29) is 162 Å². The maximum Gasteiger partial charge on any atom is 0.416 e. The van der Waals surface area contributed by atoms with E-state index in [1.807, 2.05) is 0 Å². The predicted molar refractivity (Wildman–Crippen MR) is 270 cm³/mol. The van der Waals surface area contributed by atoms with Gasteiger partial charge in [-0.3, -0.25) is 28.5 Å². The van der Waals surface area contributed by atoms with Crippen LogP contribution in [0.1, 0.15) is 101 Å². The van der Waals surface area contributed by atoms with Crippen molar-refractivity contribution in [3.8, 4) is 0 Å². The second-order valence-electron chi connectivity index (χ2n) is 15.5. The standard InChI is InChI=1S/C22H19F4N5O2.C22H20F3N5O3.HI.H2P.2H2S/c1-12-11-30(15-4-5-17(22(24,25)26)13(7-15)9-23)21(33)19-14(10-29-31(12)19)8-18(32)16-3-2-6-28-20(16)27;1-12-10-29(15-4-5-17(22(23,24)25)14(7-15)11-31)21(33)19-13(9-28-30(12)19)8-18(32)16-3-2-6-27-20(16)26;;;;/h2-7,10,12H,8-9,11H2,1H3,(H2,27,28);2-7,9,12,31H,8,10-11H2,1H3,(H2,26,27);1H;3*1H2/q;;;-1;;/t2*12-;;;;/m00..../s1/i23-1;;;;;. The lowest BCUT2D eigenvalue weighted by molar-refractivity contribution is -0.139. The fourth-order valence-electron chi connectivity index (χ4n) is 7.88. The molecule has 2 aliphatic rings. The van der Waals surface area contributed by atoms with Crippen molar-refractivity contribution in [3.05, 3.63) is 141 Å². The Morgan fingerprint density at radius 2 is 1.06 bits per heavy atom. The van der Waals surface area contributed by atoms with E-state index in [1.165, 1.54) is 62.1 Å². The number of rotatable bonds is 10. The highest BCUT2D eigenvalue weighted by Crippen LogP contribution is 2.38. The van der Waals surface area contributed by atoms with Gasteiger partial charge in [-0.15, -0.1) is 24.0 Å². The van der Waals surface area contributed by atoms with Gasteiger partial charge >= 0.3 is 12.4 Å². The lowest BCUT2D eigenvalue weighted by Crippen LogP contribution is -2.43. The Morgan fingerprint density at radius 1 is 0.671 bits per heavy atom. The van der Waals surface area contributed by atoms with Gasteiger partial charge < -0.3 is 36.3 Å². The minimum atomic E-state index is -4.71. The smallest absolute Gasteiger partial charge is 0.416 e. The first-order valence-corrected chi connectivity index (χ1v) is 20.0. The SMILES string of the molecule is C[C@H]1CN(c2ccc(C(F)(F)F)c(CO)c2)C(=O)c2c(CC(=O)c3cccnc3N)cnn21.C[C@H]1CN(c2ccc(C(F)(F)F)c(C[18F])c2)C(=O)c2c(CC(=O)c3cccnc3N)cnn21.I.S.S.[PH2-]. The molecule has 2 aromatic carbocycles. The average Bonchev–Trinajstić information content (AvgIpc) is 3.91. The van der Waals surface area contributed by atoms with Gasteiger partial charge in [0.15, 0.2) is 11.6 Å². The van der Waals surface area contributed by atoms with E-state index in [1.54, 1.807) is 26.0 Å². The summed E-state index contributed by atoms with van der Waals surface area (Å²) in [6.45, 7) is 1.70. The van der Waals surface area contributed by atoms with Crippen LogP contribution in [-0.2, 0) is 38.5 Å². The molecular weight excluding hydrogens is 1100 g/mol. The topological polar surface area (TPSA) is 208 Å². The van der Waals surface area contributed by atoms with Crippen molar-refractivity contribution < 1.29 is 55.0 Å². The van der Waals surface area contributed by atoms with Crippen molar-refractivity contribution in [1.82, 2.24) is 29.5 Å². The largest absolute Gasteiger partial charge is 0.577 e. The fraction of sp³-hybridized carbons (Fsp3) is 0.273. The summed E-state index contributed by atoms with van der Waals surface area (Å²) in [6, 6.07) is 11.7. The van der Waals surface area contributed by atoms with Gasteiger partial charge in [0, 0.05) is 60.8 Å². The second kappa shape index (κ2) is 23.5. The molecule has 0 saturated carbocycles. The van der Waals surface area contributed by atoms with Crippen LogP contribution >= 0.6 is 60.9 Å². The Balaban J connectivity index is 0.000000350. The molecule has 0 radical (unpaired) electrons. The summed E-state index contributed by atoms with van der Waals surface area (Å²) >= 11 is 0. The maximum atomic E-state index is 13.4. The highest BCUT2D eigenvalue weighted by atomic mass is 127. The van der Waals surface area contributed by atoms with Gasteiger partial charge in [-0.05, 0) is 85.6 Å². The minimum absolute atomic E-state index is 0. The summed E-state index contributed by atoms with van der Waals surface area (Å²) in [5.41, 5.74) is 10.4. The third-order valence-electron chi connectivity index (χ3n) is 11.1. The molecule has 8 rings (SSSR count). The lowest BCUT2D eigenvalue weighted by Gasteiger charge is -2.33. The van der Waals surface area contributed by atoms with Crippen LogP contribution in [0.3, 0.4) is 0 Å². The molecule has 0 fully saturated rings. The van der Waals surface area contributed by atoms with Crippen molar-refractivity contribution in [2.45, 2.75) is 64.4 Å². The van der Waals surface area contributed by atoms with Gasteiger partial charge in [0.1, 0.15) is 29.7 Å². The summed E-state index contributed by atoms with van der Waals surface area (Å²) in [5, 5.41) is 17.9. The molecule has 2 aliphatic heterocycles. The number of nitrogens with zero attached hydrogens (tertiary/aromatic N) is 8. The quantitative estimate of drug-likeness (QED) is 0.0516. The number of benzene rings is 2. The highest BCUT2D eigenvalue weighted by Gasteiger charge is 2.39. The van der Waals surface area contributed by atoms with Gasteiger partial charge in [0.2, 0.25) is 0 Å². The first-order valence-electron chi connectivity index (χ1n) is 20.0. The molecule has 376 valence electrons. The van der Waals surface area contributed by atoms with Gasteiger partial charge in [-0.2, -0.15) is 63.5 Å².